The normalized spacial score (nSPS) is 15.6. The lowest BCUT2D eigenvalue weighted by Gasteiger charge is -2.36. The smallest absolute Gasteiger partial charge is 0.387 e. The Labute approximate surface area is 212 Å². The number of carbonyl (C=O) groups excluding carboxylic acids is 3. The van der Waals surface area contributed by atoms with Gasteiger partial charge in [0, 0.05) is 27.9 Å². The van der Waals surface area contributed by atoms with Crippen LogP contribution in [-0.4, -0.2) is 52.9 Å². The number of hydrogen-bond acceptors (Lipinski definition) is 5. The lowest BCUT2D eigenvalue weighted by molar-refractivity contribution is -0.621. The van der Waals surface area contributed by atoms with Crippen molar-refractivity contribution in [3.8, 4) is 5.75 Å². The summed E-state index contributed by atoms with van der Waals surface area (Å²) in [4.78, 5) is 40.9. The highest BCUT2D eigenvalue weighted by Crippen LogP contribution is 2.38. The van der Waals surface area contributed by atoms with Gasteiger partial charge in [0.25, 0.3) is 5.82 Å². The number of benzene rings is 2. The second-order valence-electron chi connectivity index (χ2n) is 8.88. The largest absolute Gasteiger partial charge is 0.711 e. The Bertz CT molecular complexity index is 1330. The lowest BCUT2D eigenvalue weighted by Crippen LogP contribution is -2.59. The van der Waals surface area contributed by atoms with Crippen LogP contribution in [0.3, 0.4) is 0 Å². The van der Waals surface area contributed by atoms with Crippen LogP contribution >= 0.6 is 0 Å². The third kappa shape index (κ3) is 4.64. The fraction of sp³-hybridized carbons (Fsp3) is 0.308. The number of aromatic nitrogens is 2. The maximum absolute atomic E-state index is 13.6. The van der Waals surface area contributed by atoms with E-state index in [-0.39, 0.29) is 23.7 Å². The van der Waals surface area contributed by atoms with Crippen molar-refractivity contribution < 1.29 is 32.6 Å². The van der Waals surface area contributed by atoms with E-state index in [1.54, 1.807) is 18.4 Å². The third-order valence-corrected chi connectivity index (χ3v) is 6.72. The third-order valence-electron chi connectivity index (χ3n) is 6.72. The number of rotatable bonds is 7. The van der Waals surface area contributed by atoms with E-state index in [2.05, 4.69) is 4.74 Å². The molecule has 0 N–H and O–H groups in total. The molecule has 9 nitrogen and oxygen atoms in total. The first-order valence-corrected chi connectivity index (χ1v) is 11.5. The molecule has 0 aliphatic carbocycles. The fourth-order valence-corrected chi connectivity index (χ4v) is 4.65. The van der Waals surface area contributed by atoms with Gasteiger partial charge in [0.15, 0.2) is 0 Å². The quantitative estimate of drug-likeness (QED) is 0.275. The minimum Gasteiger partial charge on any atom is -0.711 e. The maximum Gasteiger partial charge on any atom is 0.387 e. The van der Waals surface area contributed by atoms with Crippen LogP contribution in [-0.2, 0) is 16.1 Å². The monoisotopic (exact) mass is 512 g/mol. The van der Waals surface area contributed by atoms with Crippen LogP contribution in [0.2, 0.25) is 0 Å². The van der Waals surface area contributed by atoms with E-state index in [1.807, 2.05) is 30.3 Å². The Balaban J connectivity index is 1.97. The molecule has 4 amide bonds. The highest BCUT2D eigenvalue weighted by atomic mass is 19.3. The van der Waals surface area contributed by atoms with Crippen LogP contribution in [0.15, 0.2) is 54.6 Å². The van der Waals surface area contributed by atoms with Gasteiger partial charge in [-0.2, -0.15) is 8.78 Å². The molecule has 194 valence electrons. The SMILES string of the molecule is Cc1c(C)[n+]([O-])c(C(c2cccc(OC(F)F)c2)C2C(=O)N(C)C(=O)N(C)C2=O)n1Cc1ccccc1. The first kappa shape index (κ1) is 25.8. The molecule has 0 radical (unpaired) electrons. The molecule has 0 bridgehead atoms. The molecule has 1 atom stereocenters. The number of amides is 4. The molecule has 1 aromatic heterocycles. The second kappa shape index (κ2) is 10.00. The number of ether oxygens (including phenoxy) is 1. The maximum atomic E-state index is 13.6. The second-order valence-corrected chi connectivity index (χ2v) is 8.88. The van der Waals surface area contributed by atoms with Crippen LogP contribution in [0.4, 0.5) is 13.6 Å². The Kier molecular flexibility index (Phi) is 6.97. The summed E-state index contributed by atoms with van der Waals surface area (Å²) in [5.41, 5.74) is 2.05. The number of carbonyl (C=O) groups is 3. The highest BCUT2D eigenvalue weighted by Gasteiger charge is 2.51. The minimum absolute atomic E-state index is 0.0656. The highest BCUT2D eigenvalue weighted by molar-refractivity contribution is 6.16. The van der Waals surface area contributed by atoms with E-state index in [0.717, 1.165) is 15.4 Å². The van der Waals surface area contributed by atoms with Crippen molar-refractivity contribution in [3.63, 3.8) is 0 Å². The Morgan fingerprint density at radius 1 is 0.973 bits per heavy atom. The van der Waals surface area contributed by atoms with Crippen LogP contribution in [0.1, 0.15) is 34.3 Å². The number of alkyl halides is 2. The molecule has 0 saturated carbocycles. The number of imidazole rings is 1. The zero-order valence-corrected chi connectivity index (χ0v) is 20.7. The summed E-state index contributed by atoms with van der Waals surface area (Å²) in [7, 11) is 2.50. The summed E-state index contributed by atoms with van der Waals surface area (Å²) >= 11 is 0. The predicted octanol–water partition coefficient (Wildman–Crippen LogP) is 3.19. The van der Waals surface area contributed by atoms with E-state index in [0.29, 0.717) is 16.1 Å². The molecule has 11 heteroatoms. The summed E-state index contributed by atoms with van der Waals surface area (Å²) in [5, 5.41) is 13.6. The predicted molar refractivity (Wildman–Crippen MR) is 128 cm³/mol. The van der Waals surface area contributed by atoms with E-state index < -0.39 is 36.3 Å². The van der Waals surface area contributed by atoms with E-state index >= 15 is 0 Å². The number of imide groups is 2. The molecular formula is C26H26F2N4O5. The summed E-state index contributed by atoms with van der Waals surface area (Å²) in [5.74, 6) is -4.46. The fourth-order valence-electron chi connectivity index (χ4n) is 4.65. The summed E-state index contributed by atoms with van der Waals surface area (Å²) in [6.07, 6.45) is 0. The van der Waals surface area contributed by atoms with E-state index in [9.17, 15) is 28.4 Å². The van der Waals surface area contributed by atoms with Gasteiger partial charge in [-0.1, -0.05) is 42.5 Å². The number of halogens is 2. The van der Waals surface area contributed by atoms with Gasteiger partial charge < -0.3 is 9.94 Å². The van der Waals surface area contributed by atoms with Gasteiger partial charge in [-0.15, -0.1) is 0 Å². The van der Waals surface area contributed by atoms with Crippen molar-refractivity contribution in [2.24, 2.45) is 5.92 Å². The topological polar surface area (TPSA) is 98.8 Å². The standard InChI is InChI=1S/C26H26F2N4O5/c1-15-16(2)32(36)22(31(15)14-17-9-6-5-7-10-17)20(18-11-8-12-19(13-18)37-25(27)28)21-23(33)29(3)26(35)30(4)24(21)34/h5-13,20-21,25H,14H2,1-4H3. The molecule has 1 fully saturated rings. The zero-order chi connectivity index (χ0) is 27.0. The molecular weight excluding hydrogens is 486 g/mol. The molecule has 37 heavy (non-hydrogen) atoms. The first-order valence-electron chi connectivity index (χ1n) is 11.5. The van der Waals surface area contributed by atoms with Gasteiger partial charge in [0.2, 0.25) is 11.8 Å². The van der Waals surface area contributed by atoms with Gasteiger partial charge in [-0.3, -0.25) is 19.4 Å². The van der Waals surface area contributed by atoms with Gasteiger partial charge >= 0.3 is 12.6 Å². The number of barbiturate groups is 1. The molecule has 1 aliphatic heterocycles. The molecule has 1 saturated heterocycles. The molecule has 2 aromatic carbocycles. The Morgan fingerprint density at radius 3 is 2.19 bits per heavy atom. The minimum atomic E-state index is -3.10. The number of hydrogen-bond donors (Lipinski definition) is 0. The van der Waals surface area contributed by atoms with Gasteiger partial charge in [-0.25, -0.2) is 14.1 Å². The van der Waals surface area contributed by atoms with Crippen molar-refractivity contribution in [1.82, 2.24) is 14.4 Å². The summed E-state index contributed by atoms with van der Waals surface area (Å²) < 4.78 is 32.9. The van der Waals surface area contributed by atoms with Crippen molar-refractivity contribution in [1.29, 1.82) is 0 Å². The van der Waals surface area contributed by atoms with Crippen molar-refractivity contribution >= 4 is 17.8 Å². The van der Waals surface area contributed by atoms with Crippen molar-refractivity contribution in [3.05, 3.63) is 88.1 Å². The average molecular weight is 513 g/mol. The van der Waals surface area contributed by atoms with Crippen LogP contribution in [0.5, 0.6) is 5.75 Å². The summed E-state index contributed by atoms with van der Waals surface area (Å²) in [6, 6.07) is 14.0. The van der Waals surface area contributed by atoms with Crippen molar-refractivity contribution in [2.45, 2.75) is 32.9 Å². The lowest BCUT2D eigenvalue weighted by atomic mass is 9.82. The molecule has 2 heterocycles. The van der Waals surface area contributed by atoms with E-state index in [4.69, 9.17) is 0 Å². The molecule has 1 unspecified atom stereocenters. The van der Waals surface area contributed by atoms with Crippen LogP contribution < -0.4 is 9.47 Å². The number of nitrogens with zero attached hydrogens (tertiary/aromatic N) is 4. The summed E-state index contributed by atoms with van der Waals surface area (Å²) in [6.45, 7) is 0.516. The Morgan fingerprint density at radius 2 is 1.59 bits per heavy atom. The molecule has 4 rings (SSSR count). The van der Waals surface area contributed by atoms with Crippen LogP contribution in [0.25, 0.3) is 0 Å². The van der Waals surface area contributed by atoms with Crippen LogP contribution in [0, 0.1) is 25.0 Å². The molecule has 0 spiro atoms. The average Bonchev–Trinajstić information content (AvgIpc) is 3.08. The molecule has 1 aliphatic rings. The van der Waals surface area contributed by atoms with Gasteiger partial charge in [0.05, 0.1) is 0 Å². The molecule has 3 aromatic rings. The van der Waals surface area contributed by atoms with Gasteiger partial charge in [-0.05, 0) is 23.3 Å². The van der Waals surface area contributed by atoms with Crippen molar-refractivity contribution in [2.75, 3.05) is 14.1 Å². The first-order chi connectivity index (χ1) is 17.5. The Hall–Kier alpha value is -4.28. The van der Waals surface area contributed by atoms with E-state index in [1.165, 1.54) is 38.4 Å². The number of urea groups is 1. The zero-order valence-electron chi connectivity index (χ0n) is 20.7. The van der Waals surface area contributed by atoms with Gasteiger partial charge in [0.1, 0.15) is 35.5 Å².